The fourth-order valence-electron chi connectivity index (χ4n) is 2.00. The molecule has 0 spiro atoms. The molecule has 1 heterocycles. The van der Waals surface area contributed by atoms with Crippen LogP contribution in [0.4, 0.5) is 0 Å². The maximum absolute atomic E-state index is 6.16. The van der Waals surface area contributed by atoms with Crippen molar-refractivity contribution in [1.82, 2.24) is 4.90 Å². The van der Waals surface area contributed by atoms with Gasteiger partial charge in [0.25, 0.3) is 0 Å². The number of hydrogen-bond acceptors (Lipinski definition) is 4. The Morgan fingerprint density at radius 1 is 1.14 bits per heavy atom. The fourth-order valence-corrected chi connectivity index (χ4v) is 2.00. The highest BCUT2D eigenvalue weighted by molar-refractivity contribution is 4.85. The molecule has 0 radical (unpaired) electrons. The number of hydrogen-bond donors (Lipinski definition) is 3. The predicted octanol–water partition coefficient (Wildman–Crippen LogP) is -0.322. The highest BCUT2D eigenvalue weighted by Gasteiger charge is 2.30. The van der Waals surface area contributed by atoms with Crippen LogP contribution in [0.1, 0.15) is 26.7 Å². The number of nitrogens with two attached hydrogens (primary N) is 3. The van der Waals surface area contributed by atoms with Gasteiger partial charge < -0.3 is 17.2 Å². The molecule has 84 valence electrons. The van der Waals surface area contributed by atoms with Crippen molar-refractivity contribution in [2.75, 3.05) is 13.1 Å². The van der Waals surface area contributed by atoms with E-state index >= 15 is 0 Å². The van der Waals surface area contributed by atoms with Gasteiger partial charge in [-0.05, 0) is 26.7 Å². The molecule has 0 aromatic carbocycles. The van der Waals surface area contributed by atoms with E-state index in [-0.39, 0.29) is 18.2 Å². The maximum Gasteiger partial charge on any atom is 0.0616 e. The van der Waals surface area contributed by atoms with Crippen molar-refractivity contribution in [3.8, 4) is 0 Å². The zero-order chi connectivity index (χ0) is 10.7. The van der Waals surface area contributed by atoms with Crippen LogP contribution in [0.25, 0.3) is 0 Å². The second kappa shape index (κ2) is 5.07. The van der Waals surface area contributed by atoms with E-state index in [1.165, 1.54) is 6.42 Å². The van der Waals surface area contributed by atoms with Gasteiger partial charge in [0.05, 0.1) is 6.17 Å². The van der Waals surface area contributed by atoms with Crippen molar-refractivity contribution in [1.29, 1.82) is 0 Å². The summed E-state index contributed by atoms with van der Waals surface area (Å²) in [5.41, 5.74) is 17.9. The first-order valence-corrected chi connectivity index (χ1v) is 5.53. The smallest absolute Gasteiger partial charge is 0.0616 e. The molecule has 1 fully saturated rings. The molecular weight excluding hydrogens is 176 g/mol. The second-order valence-corrected chi connectivity index (χ2v) is 4.62. The van der Waals surface area contributed by atoms with Gasteiger partial charge in [-0.25, -0.2) is 0 Å². The molecular formula is C10H24N4. The molecule has 1 aliphatic rings. The fraction of sp³-hybridized carbons (Fsp3) is 1.00. The molecule has 0 saturated carbocycles. The minimum atomic E-state index is 0.0924. The van der Waals surface area contributed by atoms with Crippen LogP contribution in [-0.4, -0.2) is 36.2 Å². The third-order valence-electron chi connectivity index (χ3n) is 3.07. The molecule has 0 amide bonds. The third-order valence-corrected chi connectivity index (χ3v) is 3.07. The summed E-state index contributed by atoms with van der Waals surface area (Å²) in [6.07, 6.45) is 2.27. The Labute approximate surface area is 86.8 Å². The Balaban J connectivity index is 2.47. The maximum atomic E-state index is 6.16. The van der Waals surface area contributed by atoms with Crippen LogP contribution < -0.4 is 17.2 Å². The first-order valence-electron chi connectivity index (χ1n) is 5.53. The van der Waals surface area contributed by atoms with Gasteiger partial charge in [-0.3, -0.25) is 4.90 Å². The van der Waals surface area contributed by atoms with Crippen molar-refractivity contribution < 1.29 is 0 Å². The quantitative estimate of drug-likeness (QED) is 0.568. The lowest BCUT2D eigenvalue weighted by atomic mass is 9.90. The molecule has 0 aromatic rings. The normalized spacial score (nSPS) is 26.4. The highest BCUT2D eigenvalue weighted by atomic mass is 15.3. The number of likely N-dealkylation sites (tertiary alicyclic amines) is 1. The summed E-state index contributed by atoms with van der Waals surface area (Å²) in [6, 6.07) is 0.301. The molecule has 1 aliphatic heterocycles. The minimum absolute atomic E-state index is 0.0924. The van der Waals surface area contributed by atoms with Gasteiger partial charge in [-0.2, -0.15) is 0 Å². The lowest BCUT2D eigenvalue weighted by molar-refractivity contribution is 0.0677. The molecule has 4 unspecified atom stereocenters. The van der Waals surface area contributed by atoms with Gasteiger partial charge in [0, 0.05) is 31.1 Å². The van der Waals surface area contributed by atoms with Crippen LogP contribution in [0, 0.1) is 5.92 Å². The van der Waals surface area contributed by atoms with Crippen LogP contribution in [0.2, 0.25) is 0 Å². The van der Waals surface area contributed by atoms with E-state index in [2.05, 4.69) is 4.90 Å². The number of nitrogens with zero attached hydrogens (tertiary/aromatic N) is 1. The van der Waals surface area contributed by atoms with Crippen molar-refractivity contribution in [2.24, 2.45) is 23.1 Å². The van der Waals surface area contributed by atoms with Gasteiger partial charge in [-0.15, -0.1) is 0 Å². The Morgan fingerprint density at radius 2 is 1.71 bits per heavy atom. The van der Waals surface area contributed by atoms with E-state index in [1.54, 1.807) is 0 Å². The Bertz CT molecular complexity index is 166. The molecule has 4 nitrogen and oxygen atoms in total. The number of rotatable bonds is 5. The molecule has 0 bridgehead atoms. The largest absolute Gasteiger partial charge is 0.328 e. The van der Waals surface area contributed by atoms with E-state index in [1.807, 2.05) is 13.8 Å². The Hall–Kier alpha value is -0.160. The zero-order valence-corrected chi connectivity index (χ0v) is 9.32. The average molecular weight is 200 g/mol. The van der Waals surface area contributed by atoms with E-state index in [9.17, 15) is 0 Å². The monoisotopic (exact) mass is 200 g/mol. The lowest BCUT2D eigenvalue weighted by Crippen LogP contribution is -2.57. The topological polar surface area (TPSA) is 81.3 Å². The van der Waals surface area contributed by atoms with Crippen LogP contribution in [0.5, 0.6) is 0 Å². The van der Waals surface area contributed by atoms with E-state index in [0.717, 1.165) is 19.5 Å². The molecule has 14 heavy (non-hydrogen) atoms. The summed E-state index contributed by atoms with van der Waals surface area (Å²) in [5, 5.41) is 0. The Morgan fingerprint density at radius 3 is 2.00 bits per heavy atom. The first kappa shape index (κ1) is 11.9. The van der Waals surface area contributed by atoms with Crippen LogP contribution >= 0.6 is 0 Å². The highest BCUT2D eigenvalue weighted by Crippen LogP contribution is 2.20. The predicted molar refractivity (Wildman–Crippen MR) is 59.6 cm³/mol. The molecule has 4 atom stereocenters. The van der Waals surface area contributed by atoms with Gasteiger partial charge in [-0.1, -0.05) is 0 Å². The average Bonchev–Trinajstić information content (AvgIpc) is 1.95. The van der Waals surface area contributed by atoms with Crippen molar-refractivity contribution in [2.45, 2.75) is 44.9 Å². The molecule has 0 aromatic heterocycles. The van der Waals surface area contributed by atoms with Crippen LogP contribution in [-0.2, 0) is 0 Å². The van der Waals surface area contributed by atoms with Gasteiger partial charge in [0.1, 0.15) is 0 Å². The van der Waals surface area contributed by atoms with E-state index in [4.69, 9.17) is 17.2 Å². The van der Waals surface area contributed by atoms with Crippen molar-refractivity contribution >= 4 is 0 Å². The standard InChI is InChI=1S/C10H24N4/c1-7(11)6-9(8(2)12)10(13)14-4-3-5-14/h7-10H,3-6,11-13H2,1-2H3. The third kappa shape index (κ3) is 2.92. The summed E-state index contributed by atoms with van der Waals surface area (Å²) in [6.45, 7) is 6.26. The van der Waals surface area contributed by atoms with E-state index in [0.29, 0.717) is 5.92 Å². The van der Waals surface area contributed by atoms with Crippen LogP contribution in [0.3, 0.4) is 0 Å². The first-order chi connectivity index (χ1) is 6.52. The summed E-state index contributed by atoms with van der Waals surface area (Å²) >= 11 is 0. The van der Waals surface area contributed by atoms with Crippen molar-refractivity contribution in [3.05, 3.63) is 0 Å². The SMILES string of the molecule is CC(N)CC(C(C)N)C(N)N1CCC1. The van der Waals surface area contributed by atoms with Gasteiger partial charge in [0.15, 0.2) is 0 Å². The summed E-state index contributed by atoms with van der Waals surface area (Å²) in [5.74, 6) is 0.315. The van der Waals surface area contributed by atoms with E-state index < -0.39 is 0 Å². The lowest BCUT2D eigenvalue weighted by Gasteiger charge is -2.42. The molecule has 0 aliphatic carbocycles. The molecule has 4 heteroatoms. The van der Waals surface area contributed by atoms with Crippen molar-refractivity contribution in [3.63, 3.8) is 0 Å². The molecule has 6 N–H and O–H groups in total. The van der Waals surface area contributed by atoms with Gasteiger partial charge >= 0.3 is 0 Å². The molecule has 1 saturated heterocycles. The second-order valence-electron chi connectivity index (χ2n) is 4.62. The summed E-state index contributed by atoms with van der Waals surface area (Å²) in [4.78, 5) is 2.29. The van der Waals surface area contributed by atoms with Crippen LogP contribution in [0.15, 0.2) is 0 Å². The minimum Gasteiger partial charge on any atom is -0.328 e. The van der Waals surface area contributed by atoms with Gasteiger partial charge in [0.2, 0.25) is 0 Å². The summed E-state index contributed by atoms with van der Waals surface area (Å²) in [7, 11) is 0. The Kier molecular flexibility index (Phi) is 4.31. The molecule has 1 rings (SSSR count). The summed E-state index contributed by atoms with van der Waals surface area (Å²) < 4.78 is 0. The zero-order valence-electron chi connectivity index (χ0n) is 9.32.